The van der Waals surface area contributed by atoms with Crippen LogP contribution in [0.4, 0.5) is 22.2 Å². The van der Waals surface area contributed by atoms with E-state index >= 15 is 0 Å². The zero-order valence-corrected chi connectivity index (χ0v) is 17.8. The molecule has 1 aromatic carbocycles. The van der Waals surface area contributed by atoms with Crippen LogP contribution in [0.3, 0.4) is 0 Å². The summed E-state index contributed by atoms with van der Waals surface area (Å²) in [7, 11) is 1.64. The zero-order valence-electron chi connectivity index (χ0n) is 17.8. The largest absolute Gasteiger partial charge is 0.494 e. The molecule has 8 nitrogen and oxygen atoms in total. The Bertz CT molecular complexity index is 769. The maximum absolute atomic E-state index is 13.0. The van der Waals surface area contributed by atoms with Gasteiger partial charge in [-0.1, -0.05) is 6.92 Å². The van der Waals surface area contributed by atoms with Gasteiger partial charge in [0.25, 0.3) is 0 Å². The van der Waals surface area contributed by atoms with Crippen molar-refractivity contribution in [2.24, 2.45) is 0 Å². The van der Waals surface area contributed by atoms with Crippen LogP contribution in [0.1, 0.15) is 34.1 Å². The summed E-state index contributed by atoms with van der Waals surface area (Å²) < 4.78 is 10.7. The molecule has 0 bridgehead atoms. The van der Waals surface area contributed by atoms with Crippen molar-refractivity contribution in [2.45, 2.75) is 46.2 Å². The number of urea groups is 1. The molecule has 2 N–H and O–H groups in total. The number of nitrogens with zero attached hydrogens (tertiary/aromatic N) is 3. The van der Waals surface area contributed by atoms with Crippen molar-refractivity contribution in [3.05, 3.63) is 36.5 Å². The van der Waals surface area contributed by atoms with Gasteiger partial charge in [0.05, 0.1) is 18.9 Å². The van der Waals surface area contributed by atoms with E-state index in [0.717, 1.165) is 12.2 Å². The molecule has 8 heteroatoms. The van der Waals surface area contributed by atoms with Gasteiger partial charge in [-0.3, -0.25) is 0 Å². The van der Waals surface area contributed by atoms with Gasteiger partial charge in [0.15, 0.2) is 0 Å². The molecule has 0 saturated heterocycles. The van der Waals surface area contributed by atoms with Gasteiger partial charge in [0, 0.05) is 31.5 Å². The van der Waals surface area contributed by atoms with Crippen LogP contribution in [0.5, 0.6) is 5.75 Å². The standard InChI is InChI=1S/C21H31N5O3/c1-6-15(3)24-21(27)26(17-8-10-18(11-9-17)29-7-2)19-12-13-22-20(25-19)23-16(4)14-28-5/h8-13,15-16H,6-7,14H2,1-5H3,(H,24,27)(H,22,23,25)/t15?,16-/m0/s1. The molecule has 1 aromatic heterocycles. The molecule has 0 fully saturated rings. The number of ether oxygens (including phenoxy) is 2. The van der Waals surface area contributed by atoms with Gasteiger partial charge >= 0.3 is 6.03 Å². The lowest BCUT2D eigenvalue weighted by Crippen LogP contribution is -2.41. The number of methoxy groups -OCH3 is 1. The average molecular weight is 402 g/mol. The second kappa shape index (κ2) is 11.2. The van der Waals surface area contributed by atoms with Gasteiger partial charge in [-0.25, -0.2) is 14.7 Å². The molecule has 2 aromatic rings. The van der Waals surface area contributed by atoms with Crippen molar-refractivity contribution in [1.29, 1.82) is 0 Å². The third-order valence-corrected chi connectivity index (χ3v) is 4.25. The fourth-order valence-corrected chi connectivity index (χ4v) is 2.64. The van der Waals surface area contributed by atoms with Gasteiger partial charge < -0.3 is 20.1 Å². The lowest BCUT2D eigenvalue weighted by Gasteiger charge is -2.25. The first-order valence-corrected chi connectivity index (χ1v) is 9.90. The van der Waals surface area contributed by atoms with Crippen LogP contribution < -0.4 is 20.3 Å². The number of rotatable bonds is 10. The average Bonchev–Trinajstić information content (AvgIpc) is 2.70. The number of carbonyl (C=O) groups excluding carboxylic acids is 1. The molecule has 0 aliphatic heterocycles. The van der Waals surface area contributed by atoms with Crippen LogP contribution in [-0.4, -0.2) is 48.4 Å². The minimum atomic E-state index is -0.252. The van der Waals surface area contributed by atoms with Crippen molar-refractivity contribution in [1.82, 2.24) is 15.3 Å². The molecule has 2 rings (SSSR count). The number of aromatic nitrogens is 2. The monoisotopic (exact) mass is 401 g/mol. The van der Waals surface area contributed by atoms with Gasteiger partial charge in [0.2, 0.25) is 5.95 Å². The number of hydrogen-bond donors (Lipinski definition) is 2. The molecule has 0 aliphatic rings. The highest BCUT2D eigenvalue weighted by atomic mass is 16.5. The number of carbonyl (C=O) groups is 1. The molecule has 0 aliphatic carbocycles. The van der Waals surface area contributed by atoms with Gasteiger partial charge in [0.1, 0.15) is 11.6 Å². The summed E-state index contributed by atoms with van der Waals surface area (Å²) in [6.07, 6.45) is 2.45. The van der Waals surface area contributed by atoms with E-state index in [4.69, 9.17) is 9.47 Å². The summed E-state index contributed by atoms with van der Waals surface area (Å²) in [6.45, 7) is 8.99. The summed E-state index contributed by atoms with van der Waals surface area (Å²) in [5.41, 5.74) is 0.684. The summed E-state index contributed by atoms with van der Waals surface area (Å²) in [6, 6.07) is 8.87. The molecule has 2 atom stereocenters. The molecule has 2 amide bonds. The molecular weight excluding hydrogens is 370 g/mol. The fraction of sp³-hybridized carbons (Fsp3) is 0.476. The predicted molar refractivity (Wildman–Crippen MR) is 115 cm³/mol. The highest BCUT2D eigenvalue weighted by molar-refractivity contribution is 5.98. The minimum Gasteiger partial charge on any atom is -0.494 e. The highest BCUT2D eigenvalue weighted by Gasteiger charge is 2.21. The van der Waals surface area contributed by atoms with Gasteiger partial charge in [-0.15, -0.1) is 0 Å². The van der Waals surface area contributed by atoms with Crippen LogP contribution >= 0.6 is 0 Å². The van der Waals surface area contributed by atoms with Crippen molar-refractivity contribution < 1.29 is 14.3 Å². The molecule has 0 radical (unpaired) electrons. The lowest BCUT2D eigenvalue weighted by molar-refractivity contribution is 0.190. The van der Waals surface area contributed by atoms with E-state index in [2.05, 4.69) is 20.6 Å². The Morgan fingerprint density at radius 2 is 1.86 bits per heavy atom. The van der Waals surface area contributed by atoms with Gasteiger partial charge in [-0.2, -0.15) is 4.98 Å². The number of amides is 2. The van der Waals surface area contributed by atoms with Crippen LogP contribution in [0.15, 0.2) is 36.5 Å². The fourth-order valence-electron chi connectivity index (χ4n) is 2.64. The first-order valence-electron chi connectivity index (χ1n) is 9.90. The Morgan fingerprint density at radius 3 is 2.48 bits per heavy atom. The smallest absolute Gasteiger partial charge is 0.327 e. The number of hydrogen-bond acceptors (Lipinski definition) is 6. The third kappa shape index (κ3) is 6.60. The molecule has 158 valence electrons. The summed E-state index contributed by atoms with van der Waals surface area (Å²) in [5, 5.41) is 6.18. The van der Waals surface area contributed by atoms with Crippen LogP contribution in [0, 0.1) is 0 Å². The Hall–Kier alpha value is -2.87. The predicted octanol–water partition coefficient (Wildman–Crippen LogP) is 3.97. The first kappa shape index (κ1) is 22.4. The minimum absolute atomic E-state index is 0.0307. The molecular formula is C21H31N5O3. The highest BCUT2D eigenvalue weighted by Crippen LogP contribution is 2.27. The topological polar surface area (TPSA) is 88.6 Å². The summed E-state index contributed by atoms with van der Waals surface area (Å²) in [4.78, 5) is 23.4. The van der Waals surface area contributed by atoms with E-state index in [9.17, 15) is 4.79 Å². The van der Waals surface area contributed by atoms with Gasteiger partial charge in [-0.05, 0) is 51.5 Å². The Labute approximate surface area is 172 Å². The molecule has 29 heavy (non-hydrogen) atoms. The molecule has 1 unspecified atom stereocenters. The van der Waals surface area contributed by atoms with E-state index in [-0.39, 0.29) is 18.1 Å². The van der Waals surface area contributed by atoms with Crippen LogP contribution in [-0.2, 0) is 4.74 Å². The quantitative estimate of drug-likeness (QED) is 0.626. The van der Waals surface area contributed by atoms with E-state index < -0.39 is 0 Å². The van der Waals surface area contributed by atoms with Crippen LogP contribution in [0.2, 0.25) is 0 Å². The number of nitrogens with one attached hydrogen (secondary N) is 2. The Morgan fingerprint density at radius 1 is 1.14 bits per heavy atom. The van der Waals surface area contributed by atoms with E-state index in [1.165, 1.54) is 4.90 Å². The first-order chi connectivity index (χ1) is 14.0. The lowest BCUT2D eigenvalue weighted by atomic mass is 10.2. The molecule has 0 saturated carbocycles. The van der Waals surface area contributed by atoms with Crippen molar-refractivity contribution in [3.8, 4) is 5.75 Å². The third-order valence-electron chi connectivity index (χ3n) is 4.25. The number of anilines is 3. The number of benzene rings is 1. The van der Waals surface area contributed by atoms with E-state index in [0.29, 0.717) is 30.7 Å². The van der Waals surface area contributed by atoms with Crippen molar-refractivity contribution in [3.63, 3.8) is 0 Å². The van der Waals surface area contributed by atoms with Crippen molar-refractivity contribution in [2.75, 3.05) is 30.5 Å². The Balaban J connectivity index is 2.35. The second-order valence-corrected chi connectivity index (χ2v) is 6.76. The zero-order chi connectivity index (χ0) is 21.2. The maximum Gasteiger partial charge on any atom is 0.327 e. The second-order valence-electron chi connectivity index (χ2n) is 6.76. The summed E-state index contributed by atoms with van der Waals surface area (Å²) in [5.74, 6) is 1.65. The molecule has 0 spiro atoms. The molecule has 1 heterocycles. The van der Waals surface area contributed by atoms with Crippen molar-refractivity contribution >= 4 is 23.5 Å². The van der Waals surface area contributed by atoms with E-state index in [1.807, 2.05) is 52.0 Å². The SMILES string of the molecule is CCOc1ccc(N(C(=O)NC(C)CC)c2ccnc(N[C@@H](C)COC)n2)cc1. The van der Waals surface area contributed by atoms with E-state index in [1.54, 1.807) is 19.4 Å². The maximum atomic E-state index is 13.0. The van der Waals surface area contributed by atoms with Crippen LogP contribution in [0.25, 0.3) is 0 Å². The Kier molecular flexibility index (Phi) is 8.67. The summed E-state index contributed by atoms with van der Waals surface area (Å²) >= 11 is 0. The normalized spacial score (nSPS) is 12.7.